The quantitative estimate of drug-likeness (QED) is 0.608. The average Bonchev–Trinajstić information content (AvgIpc) is 2.55. The van der Waals surface area contributed by atoms with E-state index in [0.29, 0.717) is 16.3 Å². The van der Waals surface area contributed by atoms with Crippen LogP contribution in [0, 0.1) is 0 Å². The zero-order valence-electron chi connectivity index (χ0n) is 13.6. The summed E-state index contributed by atoms with van der Waals surface area (Å²) in [4.78, 5) is 0. The Morgan fingerprint density at radius 2 is 1.67 bits per heavy atom. The Morgan fingerprint density at radius 1 is 1.08 bits per heavy atom. The molecule has 1 unspecified atom stereocenters. The van der Waals surface area contributed by atoms with Crippen molar-refractivity contribution in [2.75, 3.05) is 18.5 Å². The van der Waals surface area contributed by atoms with E-state index in [2.05, 4.69) is 5.32 Å². The van der Waals surface area contributed by atoms with Crippen molar-refractivity contribution >= 4 is 24.9 Å². The second-order valence-electron chi connectivity index (χ2n) is 4.96. The summed E-state index contributed by atoms with van der Waals surface area (Å²) in [6.45, 7) is 3.91. The lowest BCUT2D eigenvalue weighted by molar-refractivity contribution is 0.213. The van der Waals surface area contributed by atoms with Crippen molar-refractivity contribution in [3.63, 3.8) is 0 Å². The van der Waals surface area contributed by atoms with Gasteiger partial charge in [0.15, 0.2) is 5.78 Å². The molecule has 0 amide bonds. The molecule has 2 aromatic carbocycles. The van der Waals surface area contributed by atoms with Gasteiger partial charge < -0.3 is 19.5 Å². The molecular formula is C17H21ClNO4P. The smallest absolute Gasteiger partial charge is 0.357 e. The zero-order valence-corrected chi connectivity index (χ0v) is 15.3. The van der Waals surface area contributed by atoms with Gasteiger partial charge in [-0.25, -0.2) is 0 Å². The minimum absolute atomic E-state index is 0.00156. The lowest BCUT2D eigenvalue weighted by atomic mass is 10.2. The molecular weight excluding hydrogens is 349 g/mol. The van der Waals surface area contributed by atoms with Crippen LogP contribution in [0.1, 0.15) is 25.2 Å². The largest absolute Gasteiger partial charge is 0.508 e. The van der Waals surface area contributed by atoms with Crippen LogP contribution < -0.4 is 5.32 Å². The Labute approximate surface area is 147 Å². The third-order valence-corrected chi connectivity index (χ3v) is 5.94. The molecule has 130 valence electrons. The standard InChI is InChI=1S/C17H21ClNO4P/c1-3-22-24(21,23-4-2)17(13-9-5-8-12-16(13)20)19-15-11-7-6-10-14(15)18/h5-12,17,19-20H,3-4H2,1-2H3. The first-order valence-electron chi connectivity index (χ1n) is 7.69. The minimum atomic E-state index is -3.59. The Hall–Kier alpha value is -1.52. The van der Waals surface area contributed by atoms with Crippen LogP contribution in [-0.2, 0) is 13.6 Å². The molecule has 1 atom stereocenters. The molecule has 0 bridgehead atoms. The average molecular weight is 370 g/mol. The fourth-order valence-corrected chi connectivity index (χ4v) is 4.46. The van der Waals surface area contributed by atoms with Crippen LogP contribution in [0.15, 0.2) is 48.5 Å². The van der Waals surface area contributed by atoms with Crippen molar-refractivity contribution < 1.29 is 18.7 Å². The van der Waals surface area contributed by atoms with Crippen LogP contribution in [0.2, 0.25) is 5.02 Å². The maximum Gasteiger partial charge on any atom is 0.357 e. The van der Waals surface area contributed by atoms with Gasteiger partial charge in [-0.1, -0.05) is 41.9 Å². The third kappa shape index (κ3) is 4.31. The first-order chi connectivity index (χ1) is 11.5. The van der Waals surface area contributed by atoms with Crippen molar-refractivity contribution in [2.24, 2.45) is 0 Å². The topological polar surface area (TPSA) is 67.8 Å². The lowest BCUT2D eigenvalue weighted by Crippen LogP contribution is -2.15. The normalized spacial score (nSPS) is 12.8. The van der Waals surface area contributed by atoms with Crippen LogP contribution in [0.4, 0.5) is 5.69 Å². The third-order valence-electron chi connectivity index (χ3n) is 3.33. The number of nitrogens with one attached hydrogen (secondary N) is 1. The highest BCUT2D eigenvalue weighted by Crippen LogP contribution is 2.62. The molecule has 5 nitrogen and oxygen atoms in total. The van der Waals surface area contributed by atoms with Crippen molar-refractivity contribution in [3.8, 4) is 5.75 Å². The minimum Gasteiger partial charge on any atom is -0.508 e. The van der Waals surface area contributed by atoms with Crippen LogP contribution >= 0.6 is 19.2 Å². The number of halogens is 1. The summed E-state index contributed by atoms with van der Waals surface area (Å²) in [5, 5.41) is 13.8. The maximum absolute atomic E-state index is 13.3. The van der Waals surface area contributed by atoms with E-state index in [1.54, 1.807) is 50.2 Å². The highest BCUT2D eigenvalue weighted by atomic mass is 35.5. The Balaban J connectivity index is 2.51. The Morgan fingerprint density at radius 3 is 2.25 bits per heavy atom. The molecule has 2 aromatic rings. The van der Waals surface area contributed by atoms with E-state index in [1.165, 1.54) is 6.07 Å². The summed E-state index contributed by atoms with van der Waals surface area (Å²) in [5.41, 5.74) is 0.995. The summed E-state index contributed by atoms with van der Waals surface area (Å²) in [6.07, 6.45) is 0. The molecule has 2 N–H and O–H groups in total. The van der Waals surface area contributed by atoms with Crippen molar-refractivity contribution in [3.05, 3.63) is 59.1 Å². The van der Waals surface area contributed by atoms with E-state index in [-0.39, 0.29) is 19.0 Å². The fourth-order valence-electron chi connectivity index (χ4n) is 2.32. The predicted molar refractivity (Wildman–Crippen MR) is 96.8 cm³/mol. The van der Waals surface area contributed by atoms with Crippen LogP contribution in [0.3, 0.4) is 0 Å². The molecule has 0 aliphatic heterocycles. The molecule has 0 radical (unpaired) electrons. The first kappa shape index (κ1) is 18.8. The molecule has 0 aliphatic rings. The van der Waals surface area contributed by atoms with E-state index in [9.17, 15) is 9.67 Å². The summed E-state index contributed by atoms with van der Waals surface area (Å²) in [5.74, 6) is -0.889. The molecule has 0 fully saturated rings. The van der Waals surface area contributed by atoms with Gasteiger partial charge in [-0.15, -0.1) is 0 Å². The number of aromatic hydroxyl groups is 1. The summed E-state index contributed by atoms with van der Waals surface area (Å²) in [6, 6.07) is 13.7. The number of para-hydroxylation sites is 2. The van der Waals surface area contributed by atoms with Crippen molar-refractivity contribution in [2.45, 2.75) is 19.6 Å². The van der Waals surface area contributed by atoms with Crippen LogP contribution in [0.25, 0.3) is 0 Å². The maximum atomic E-state index is 13.3. The number of hydrogen-bond acceptors (Lipinski definition) is 5. The molecule has 0 spiro atoms. The summed E-state index contributed by atoms with van der Waals surface area (Å²) < 4.78 is 24.3. The first-order valence-corrected chi connectivity index (χ1v) is 9.68. The SMILES string of the molecule is CCOP(=O)(OCC)C(Nc1ccccc1Cl)c1ccccc1O. The van der Waals surface area contributed by atoms with Gasteiger partial charge in [-0.3, -0.25) is 4.57 Å². The molecule has 24 heavy (non-hydrogen) atoms. The summed E-state index contributed by atoms with van der Waals surface area (Å²) in [7, 11) is -3.59. The Kier molecular flexibility index (Phi) is 6.69. The molecule has 2 rings (SSSR count). The van der Waals surface area contributed by atoms with Gasteiger partial charge in [-0.05, 0) is 32.0 Å². The second kappa shape index (κ2) is 8.54. The summed E-state index contributed by atoms with van der Waals surface area (Å²) >= 11 is 6.20. The molecule has 0 heterocycles. The van der Waals surface area contributed by atoms with Crippen molar-refractivity contribution in [1.82, 2.24) is 0 Å². The monoisotopic (exact) mass is 369 g/mol. The number of anilines is 1. The number of rotatable bonds is 8. The van der Waals surface area contributed by atoms with Gasteiger partial charge in [0.1, 0.15) is 5.75 Å². The molecule has 0 saturated heterocycles. The number of hydrogen-bond donors (Lipinski definition) is 2. The lowest BCUT2D eigenvalue weighted by Gasteiger charge is -2.28. The van der Waals surface area contributed by atoms with Gasteiger partial charge in [0, 0.05) is 5.56 Å². The molecule has 0 aliphatic carbocycles. The van der Waals surface area contributed by atoms with E-state index in [1.807, 2.05) is 6.07 Å². The highest BCUT2D eigenvalue weighted by Gasteiger charge is 2.38. The van der Waals surface area contributed by atoms with Gasteiger partial charge in [0.25, 0.3) is 0 Å². The van der Waals surface area contributed by atoms with E-state index in [0.717, 1.165) is 0 Å². The van der Waals surface area contributed by atoms with E-state index in [4.69, 9.17) is 20.6 Å². The van der Waals surface area contributed by atoms with Gasteiger partial charge in [-0.2, -0.15) is 0 Å². The van der Waals surface area contributed by atoms with Gasteiger partial charge in [0.05, 0.1) is 23.9 Å². The molecule has 0 aromatic heterocycles. The predicted octanol–water partition coefficient (Wildman–Crippen LogP) is 5.42. The van der Waals surface area contributed by atoms with Crippen molar-refractivity contribution in [1.29, 1.82) is 0 Å². The fraction of sp³-hybridized carbons (Fsp3) is 0.294. The zero-order chi connectivity index (χ0) is 17.6. The number of phenolic OH excluding ortho intramolecular Hbond substituents is 1. The van der Waals surface area contributed by atoms with E-state index < -0.39 is 13.4 Å². The number of benzene rings is 2. The number of phenols is 1. The second-order valence-corrected chi connectivity index (χ2v) is 7.48. The molecule has 7 heteroatoms. The van der Waals surface area contributed by atoms with Gasteiger partial charge >= 0.3 is 7.60 Å². The molecule has 0 saturated carbocycles. The van der Waals surface area contributed by atoms with Crippen LogP contribution in [-0.4, -0.2) is 18.3 Å². The Bertz CT molecular complexity index is 715. The van der Waals surface area contributed by atoms with E-state index >= 15 is 0 Å². The van der Waals surface area contributed by atoms with Gasteiger partial charge in [0.2, 0.25) is 0 Å². The van der Waals surface area contributed by atoms with Crippen LogP contribution in [0.5, 0.6) is 5.75 Å². The highest BCUT2D eigenvalue weighted by molar-refractivity contribution is 7.54.